The van der Waals surface area contributed by atoms with Crippen LogP contribution in [-0.2, 0) is 9.84 Å². The molecule has 0 saturated heterocycles. The SMILES string of the molecule is O=C(c1ccc(Br)cc1)c1noc(-c2cccs2)c1S(=O)(=O)c1ccccc1. The summed E-state index contributed by atoms with van der Waals surface area (Å²) >= 11 is 4.63. The van der Waals surface area contributed by atoms with Crippen LogP contribution in [0.1, 0.15) is 16.1 Å². The van der Waals surface area contributed by atoms with Crippen LogP contribution >= 0.6 is 27.3 Å². The number of hydrogen-bond acceptors (Lipinski definition) is 6. The number of carbonyl (C=O) groups is 1. The summed E-state index contributed by atoms with van der Waals surface area (Å²) in [5.74, 6) is -0.451. The summed E-state index contributed by atoms with van der Waals surface area (Å²) < 4.78 is 32.9. The number of ketones is 1. The molecule has 0 N–H and O–H groups in total. The number of benzene rings is 2. The quantitative estimate of drug-likeness (QED) is 0.370. The molecule has 0 amide bonds. The van der Waals surface area contributed by atoms with Crippen molar-refractivity contribution in [1.82, 2.24) is 5.16 Å². The average Bonchev–Trinajstić information content (AvgIpc) is 3.38. The van der Waals surface area contributed by atoms with Crippen molar-refractivity contribution >= 4 is 42.9 Å². The van der Waals surface area contributed by atoms with E-state index in [2.05, 4.69) is 21.1 Å². The van der Waals surface area contributed by atoms with Gasteiger partial charge in [-0.15, -0.1) is 11.3 Å². The standard InChI is InChI=1S/C20H12BrNO4S2/c21-14-10-8-13(9-11-14)18(23)17-20(19(26-22-17)16-7-4-12-27-16)28(24,25)15-5-2-1-3-6-15/h1-12H. The number of sulfone groups is 1. The Balaban J connectivity index is 1.94. The summed E-state index contributed by atoms with van der Waals surface area (Å²) in [6.07, 6.45) is 0. The van der Waals surface area contributed by atoms with Gasteiger partial charge in [-0.05, 0) is 47.8 Å². The smallest absolute Gasteiger partial charge is 0.216 e. The molecule has 140 valence electrons. The highest BCUT2D eigenvalue weighted by atomic mass is 79.9. The number of carbonyl (C=O) groups excluding carboxylic acids is 1. The molecular formula is C20H12BrNO4S2. The summed E-state index contributed by atoms with van der Waals surface area (Å²) in [5.41, 5.74) is 0.0910. The largest absolute Gasteiger partial charge is 0.353 e. The zero-order valence-corrected chi connectivity index (χ0v) is 17.4. The number of aromatic nitrogens is 1. The van der Waals surface area contributed by atoms with Crippen molar-refractivity contribution in [2.45, 2.75) is 9.79 Å². The Labute approximate surface area is 173 Å². The molecule has 0 aliphatic rings. The Hall–Kier alpha value is -2.55. The maximum absolute atomic E-state index is 13.4. The minimum Gasteiger partial charge on any atom is -0.353 e. The Morgan fingerprint density at radius 3 is 2.32 bits per heavy atom. The predicted molar refractivity (Wildman–Crippen MR) is 109 cm³/mol. The summed E-state index contributed by atoms with van der Waals surface area (Å²) in [6, 6.07) is 18.1. The maximum Gasteiger partial charge on any atom is 0.216 e. The van der Waals surface area contributed by atoms with Gasteiger partial charge in [0.1, 0.15) is 0 Å². The van der Waals surface area contributed by atoms with Crippen LogP contribution in [0.3, 0.4) is 0 Å². The van der Waals surface area contributed by atoms with Crippen molar-refractivity contribution in [1.29, 1.82) is 0 Å². The molecule has 2 aromatic carbocycles. The van der Waals surface area contributed by atoms with Gasteiger partial charge in [0.25, 0.3) is 0 Å². The third-order valence-corrected chi connectivity index (χ3v) is 7.24. The monoisotopic (exact) mass is 473 g/mol. The van der Waals surface area contributed by atoms with Gasteiger partial charge >= 0.3 is 0 Å². The Morgan fingerprint density at radius 1 is 0.964 bits per heavy atom. The van der Waals surface area contributed by atoms with Gasteiger partial charge in [0, 0.05) is 10.0 Å². The molecule has 8 heteroatoms. The van der Waals surface area contributed by atoms with E-state index in [9.17, 15) is 13.2 Å². The van der Waals surface area contributed by atoms with E-state index in [0.29, 0.717) is 10.4 Å². The molecule has 28 heavy (non-hydrogen) atoms. The van der Waals surface area contributed by atoms with Crippen molar-refractivity contribution in [3.8, 4) is 10.6 Å². The normalized spacial score (nSPS) is 11.5. The molecule has 0 radical (unpaired) electrons. The van der Waals surface area contributed by atoms with Crippen LogP contribution < -0.4 is 0 Å². The molecule has 0 unspecified atom stereocenters. The van der Waals surface area contributed by atoms with Crippen LogP contribution in [0.2, 0.25) is 0 Å². The zero-order valence-electron chi connectivity index (χ0n) is 14.2. The Morgan fingerprint density at radius 2 is 1.68 bits per heavy atom. The second-order valence-electron chi connectivity index (χ2n) is 5.82. The molecule has 0 spiro atoms. The van der Waals surface area contributed by atoms with Crippen LogP contribution in [0.4, 0.5) is 0 Å². The highest BCUT2D eigenvalue weighted by molar-refractivity contribution is 9.10. The minimum atomic E-state index is -4.02. The first-order chi connectivity index (χ1) is 13.5. The van der Waals surface area contributed by atoms with Crippen molar-refractivity contribution in [2.24, 2.45) is 0 Å². The van der Waals surface area contributed by atoms with Gasteiger partial charge in [-0.3, -0.25) is 4.79 Å². The molecule has 5 nitrogen and oxygen atoms in total. The number of thiophene rings is 1. The van der Waals surface area contributed by atoms with Crippen LogP contribution in [0, 0.1) is 0 Å². The lowest BCUT2D eigenvalue weighted by molar-refractivity contribution is 0.102. The predicted octanol–water partition coefficient (Wildman–Crippen LogP) is 5.23. The summed E-state index contributed by atoms with van der Waals surface area (Å²) in [4.78, 5) is 13.5. The molecule has 2 aromatic heterocycles. The first kappa shape index (κ1) is 18.8. The molecule has 2 heterocycles. The van der Waals surface area contributed by atoms with Crippen LogP contribution in [0.15, 0.2) is 90.9 Å². The third kappa shape index (κ3) is 3.34. The molecule has 0 saturated carbocycles. The Bertz CT molecular complexity index is 1230. The molecule has 0 atom stereocenters. The minimum absolute atomic E-state index is 0.0688. The molecule has 4 rings (SSSR count). The van der Waals surface area contributed by atoms with Crippen LogP contribution in [-0.4, -0.2) is 19.4 Å². The van der Waals surface area contributed by atoms with Crippen molar-refractivity contribution in [3.63, 3.8) is 0 Å². The van der Waals surface area contributed by atoms with Crippen LogP contribution in [0.5, 0.6) is 0 Å². The Kier molecular flexibility index (Phi) is 5.01. The van der Waals surface area contributed by atoms with Gasteiger partial charge < -0.3 is 4.52 Å². The number of halogens is 1. The topological polar surface area (TPSA) is 77.2 Å². The zero-order chi connectivity index (χ0) is 19.7. The first-order valence-corrected chi connectivity index (χ1v) is 11.3. The van der Waals surface area contributed by atoms with Crippen molar-refractivity contribution in [2.75, 3.05) is 0 Å². The van der Waals surface area contributed by atoms with Gasteiger partial charge in [-0.1, -0.05) is 45.4 Å². The van der Waals surface area contributed by atoms with E-state index in [1.165, 1.54) is 23.5 Å². The highest BCUT2D eigenvalue weighted by Gasteiger charge is 2.34. The van der Waals surface area contributed by atoms with E-state index in [-0.39, 0.29) is 21.2 Å². The van der Waals surface area contributed by atoms with Gasteiger partial charge in [0.15, 0.2) is 16.3 Å². The fourth-order valence-corrected chi connectivity index (χ4v) is 5.26. The van der Waals surface area contributed by atoms with E-state index in [4.69, 9.17) is 4.52 Å². The second kappa shape index (κ2) is 7.46. The van der Waals surface area contributed by atoms with Gasteiger partial charge in [-0.2, -0.15) is 0 Å². The highest BCUT2D eigenvalue weighted by Crippen LogP contribution is 2.37. The summed E-state index contributed by atoms with van der Waals surface area (Å²) in [5, 5.41) is 5.65. The summed E-state index contributed by atoms with van der Waals surface area (Å²) in [6.45, 7) is 0. The molecule has 0 bridgehead atoms. The maximum atomic E-state index is 13.4. The lowest BCUT2D eigenvalue weighted by Gasteiger charge is -2.06. The fourth-order valence-electron chi connectivity index (χ4n) is 2.70. The second-order valence-corrected chi connectivity index (χ2v) is 9.57. The number of rotatable bonds is 5. The van der Waals surface area contributed by atoms with Crippen LogP contribution in [0.25, 0.3) is 10.6 Å². The van der Waals surface area contributed by atoms with Crippen molar-refractivity contribution in [3.05, 3.63) is 87.8 Å². The van der Waals surface area contributed by atoms with E-state index in [1.807, 2.05) is 0 Å². The molecule has 0 aliphatic heterocycles. The van der Waals surface area contributed by atoms with Gasteiger partial charge in [0.05, 0.1) is 9.77 Å². The molecule has 0 aliphatic carbocycles. The summed E-state index contributed by atoms with van der Waals surface area (Å²) in [7, 11) is -4.02. The average molecular weight is 474 g/mol. The van der Waals surface area contributed by atoms with E-state index in [1.54, 1.807) is 60.0 Å². The van der Waals surface area contributed by atoms with Crippen molar-refractivity contribution < 1.29 is 17.7 Å². The fraction of sp³-hybridized carbons (Fsp3) is 0. The van der Waals surface area contributed by atoms with Gasteiger partial charge in [-0.25, -0.2) is 8.42 Å². The molecular weight excluding hydrogens is 462 g/mol. The first-order valence-electron chi connectivity index (χ1n) is 8.12. The lowest BCUT2D eigenvalue weighted by atomic mass is 10.1. The van der Waals surface area contributed by atoms with E-state index >= 15 is 0 Å². The lowest BCUT2D eigenvalue weighted by Crippen LogP contribution is -2.10. The number of hydrogen-bond donors (Lipinski definition) is 0. The third-order valence-electron chi connectivity index (χ3n) is 4.04. The van der Waals surface area contributed by atoms with Gasteiger partial charge in [0.2, 0.25) is 15.6 Å². The van der Waals surface area contributed by atoms with E-state index in [0.717, 1.165) is 4.47 Å². The molecule has 0 fully saturated rings. The van der Waals surface area contributed by atoms with E-state index < -0.39 is 15.6 Å². The molecule has 4 aromatic rings. The number of nitrogens with zero attached hydrogens (tertiary/aromatic N) is 1.